The van der Waals surface area contributed by atoms with Gasteiger partial charge in [0.2, 0.25) is 10.0 Å². The van der Waals surface area contributed by atoms with E-state index in [2.05, 4.69) is 33.8 Å². The number of rotatable bonds is 5. The largest absolute Gasteiger partial charge is 0.355 e. The van der Waals surface area contributed by atoms with Crippen molar-refractivity contribution in [1.29, 1.82) is 0 Å². The lowest BCUT2D eigenvalue weighted by Gasteiger charge is -2.37. The van der Waals surface area contributed by atoms with Crippen molar-refractivity contribution >= 4 is 38.9 Å². The molecule has 2 N–H and O–H groups in total. The fourth-order valence-electron chi connectivity index (χ4n) is 3.04. The molecule has 1 saturated heterocycles. The predicted molar refractivity (Wildman–Crippen MR) is 100 cm³/mol. The van der Waals surface area contributed by atoms with Gasteiger partial charge in [-0.1, -0.05) is 25.4 Å². The van der Waals surface area contributed by atoms with E-state index < -0.39 is 10.0 Å². The average Bonchev–Trinajstić information content (AvgIpc) is 2.93. The van der Waals surface area contributed by atoms with Crippen molar-refractivity contribution in [3.05, 3.63) is 16.5 Å². The zero-order valence-corrected chi connectivity index (χ0v) is 16.6. The molecule has 0 aliphatic carbocycles. The molecule has 0 amide bonds. The first-order chi connectivity index (χ1) is 11.3. The summed E-state index contributed by atoms with van der Waals surface area (Å²) < 4.78 is 27.5. The molecule has 1 aromatic rings. The van der Waals surface area contributed by atoms with Crippen LogP contribution in [0.25, 0.3) is 0 Å². The summed E-state index contributed by atoms with van der Waals surface area (Å²) in [5, 5.41) is 3.24. The van der Waals surface area contributed by atoms with Gasteiger partial charge < -0.3 is 10.2 Å². The monoisotopic (exact) mass is 392 g/mol. The molecule has 1 aliphatic heterocycles. The molecule has 9 heteroatoms. The van der Waals surface area contributed by atoms with E-state index in [9.17, 15) is 8.42 Å². The Morgan fingerprint density at radius 2 is 2.00 bits per heavy atom. The number of guanidine groups is 1. The highest BCUT2D eigenvalue weighted by atomic mass is 35.5. The summed E-state index contributed by atoms with van der Waals surface area (Å²) in [7, 11) is -1.74. The number of halogens is 1. The highest BCUT2D eigenvalue weighted by Crippen LogP contribution is 2.25. The Morgan fingerprint density at radius 3 is 2.54 bits per heavy atom. The topological polar surface area (TPSA) is 73.8 Å². The molecule has 2 unspecified atom stereocenters. The first kappa shape index (κ1) is 19.5. The summed E-state index contributed by atoms with van der Waals surface area (Å²) in [6.45, 7) is 7.21. The first-order valence-electron chi connectivity index (χ1n) is 8.02. The maximum Gasteiger partial charge on any atom is 0.250 e. The molecule has 2 rings (SSSR count). The van der Waals surface area contributed by atoms with Crippen LogP contribution < -0.4 is 10.0 Å². The molecule has 24 heavy (non-hydrogen) atoms. The Labute approximate surface area is 153 Å². The van der Waals surface area contributed by atoms with Crippen molar-refractivity contribution in [3.63, 3.8) is 0 Å². The van der Waals surface area contributed by atoms with E-state index in [0.717, 1.165) is 30.4 Å². The van der Waals surface area contributed by atoms with Gasteiger partial charge >= 0.3 is 0 Å². The van der Waals surface area contributed by atoms with Crippen molar-refractivity contribution < 1.29 is 8.42 Å². The number of aliphatic imine (C=N–C) groups is 1. The molecule has 136 valence electrons. The van der Waals surface area contributed by atoms with Gasteiger partial charge in [0, 0.05) is 33.2 Å². The van der Waals surface area contributed by atoms with Crippen molar-refractivity contribution in [3.8, 4) is 0 Å². The van der Waals surface area contributed by atoms with Gasteiger partial charge in [0.1, 0.15) is 4.21 Å². The lowest BCUT2D eigenvalue weighted by atomic mass is 9.92. The van der Waals surface area contributed by atoms with E-state index in [1.807, 2.05) is 0 Å². The summed E-state index contributed by atoms with van der Waals surface area (Å²) >= 11 is 6.84. The quantitative estimate of drug-likeness (QED) is 0.458. The number of nitrogens with zero attached hydrogens (tertiary/aromatic N) is 2. The number of sulfonamides is 1. The minimum Gasteiger partial charge on any atom is -0.355 e. The molecule has 2 heterocycles. The summed E-state index contributed by atoms with van der Waals surface area (Å²) in [4.78, 5) is 6.56. The summed E-state index contributed by atoms with van der Waals surface area (Å²) in [6, 6.07) is 3.10. The molecular formula is C15H25ClN4O2S2. The molecule has 6 nitrogen and oxygen atoms in total. The Hall–Kier alpha value is -0.830. The van der Waals surface area contributed by atoms with Crippen LogP contribution >= 0.6 is 22.9 Å². The van der Waals surface area contributed by atoms with E-state index in [4.69, 9.17) is 11.6 Å². The normalized spacial score (nSPS) is 22.7. The van der Waals surface area contributed by atoms with Gasteiger partial charge in [-0.05, 0) is 30.4 Å². The minimum absolute atomic E-state index is 0.232. The SMILES string of the molecule is CN=C(NCCNS(=O)(=O)c1ccc(Cl)s1)N1CC(C)CC(C)C1. The second-order valence-corrected chi connectivity index (χ2v) is 9.99. The number of thiophene rings is 1. The van der Waals surface area contributed by atoms with Crippen LogP contribution in [0.1, 0.15) is 20.3 Å². The highest BCUT2D eigenvalue weighted by molar-refractivity contribution is 7.91. The number of likely N-dealkylation sites (tertiary alicyclic amines) is 1. The predicted octanol–water partition coefficient (Wildman–Crippen LogP) is 2.23. The molecule has 0 saturated carbocycles. The van der Waals surface area contributed by atoms with Crippen LogP contribution in [-0.4, -0.2) is 52.5 Å². The number of nitrogens with one attached hydrogen (secondary N) is 2. The number of hydrogen-bond acceptors (Lipinski definition) is 4. The third-order valence-corrected chi connectivity index (χ3v) is 7.08. The zero-order chi connectivity index (χ0) is 17.7. The average molecular weight is 393 g/mol. The lowest BCUT2D eigenvalue weighted by Crippen LogP contribution is -2.49. The standard InChI is InChI=1S/C15H25ClN4O2S2/c1-11-8-12(2)10-20(9-11)15(17-3)18-6-7-19-24(21,22)14-5-4-13(16)23-14/h4-5,11-12,19H,6-10H2,1-3H3,(H,17,18). The van der Waals surface area contributed by atoms with Crippen LogP contribution in [0.2, 0.25) is 4.34 Å². The van der Waals surface area contributed by atoms with Crippen molar-refractivity contribution in [2.24, 2.45) is 16.8 Å². The first-order valence-corrected chi connectivity index (χ1v) is 10.7. The Morgan fingerprint density at radius 1 is 1.33 bits per heavy atom. The van der Waals surface area contributed by atoms with Crippen LogP contribution in [0.4, 0.5) is 0 Å². The molecule has 1 aromatic heterocycles. The fourth-order valence-corrected chi connectivity index (χ4v) is 5.60. The van der Waals surface area contributed by atoms with E-state index in [1.165, 1.54) is 12.5 Å². The van der Waals surface area contributed by atoms with Gasteiger partial charge in [0.15, 0.2) is 5.96 Å². The number of piperidine rings is 1. The molecular weight excluding hydrogens is 368 g/mol. The highest BCUT2D eigenvalue weighted by Gasteiger charge is 2.24. The van der Waals surface area contributed by atoms with Crippen LogP contribution in [-0.2, 0) is 10.0 Å². The van der Waals surface area contributed by atoms with Crippen LogP contribution in [0.3, 0.4) is 0 Å². The molecule has 2 atom stereocenters. The summed E-state index contributed by atoms with van der Waals surface area (Å²) in [6.07, 6.45) is 1.23. The second-order valence-electron chi connectivity index (χ2n) is 6.28. The molecule has 1 aliphatic rings. The van der Waals surface area contributed by atoms with Gasteiger partial charge in [-0.2, -0.15) is 0 Å². The van der Waals surface area contributed by atoms with Crippen LogP contribution in [0, 0.1) is 11.8 Å². The van der Waals surface area contributed by atoms with Crippen LogP contribution in [0.15, 0.2) is 21.3 Å². The van der Waals surface area contributed by atoms with Gasteiger partial charge in [0.05, 0.1) is 4.34 Å². The van der Waals surface area contributed by atoms with E-state index >= 15 is 0 Å². The van der Waals surface area contributed by atoms with Crippen molar-refractivity contribution in [1.82, 2.24) is 14.9 Å². The molecule has 0 aromatic carbocycles. The van der Waals surface area contributed by atoms with E-state index in [0.29, 0.717) is 22.7 Å². The lowest BCUT2D eigenvalue weighted by molar-refractivity contribution is 0.208. The molecule has 0 spiro atoms. The summed E-state index contributed by atoms with van der Waals surface area (Å²) in [5.41, 5.74) is 0. The second kappa shape index (κ2) is 8.51. The van der Waals surface area contributed by atoms with Crippen molar-refractivity contribution in [2.45, 2.75) is 24.5 Å². The molecule has 1 fully saturated rings. The molecule has 0 bridgehead atoms. The third-order valence-electron chi connectivity index (χ3n) is 3.89. The van der Waals surface area contributed by atoms with E-state index in [-0.39, 0.29) is 10.8 Å². The van der Waals surface area contributed by atoms with Crippen molar-refractivity contribution in [2.75, 3.05) is 33.2 Å². The maximum absolute atomic E-state index is 12.1. The Balaban J connectivity index is 1.82. The Kier molecular flexibility index (Phi) is 6.91. The van der Waals surface area contributed by atoms with Gasteiger partial charge in [-0.3, -0.25) is 4.99 Å². The fraction of sp³-hybridized carbons (Fsp3) is 0.667. The van der Waals surface area contributed by atoms with Gasteiger partial charge in [-0.15, -0.1) is 11.3 Å². The minimum atomic E-state index is -3.50. The van der Waals surface area contributed by atoms with E-state index in [1.54, 1.807) is 13.1 Å². The maximum atomic E-state index is 12.1. The molecule has 0 radical (unpaired) electrons. The number of hydrogen-bond donors (Lipinski definition) is 2. The smallest absolute Gasteiger partial charge is 0.250 e. The van der Waals surface area contributed by atoms with Crippen LogP contribution in [0.5, 0.6) is 0 Å². The van der Waals surface area contributed by atoms with Gasteiger partial charge in [-0.25, -0.2) is 13.1 Å². The van der Waals surface area contributed by atoms with Gasteiger partial charge in [0.25, 0.3) is 0 Å². The third kappa shape index (κ3) is 5.34. The summed E-state index contributed by atoms with van der Waals surface area (Å²) in [5.74, 6) is 2.09. The zero-order valence-electron chi connectivity index (χ0n) is 14.3. The Bertz CT molecular complexity index is 665.